The van der Waals surface area contributed by atoms with Crippen molar-refractivity contribution in [3.63, 3.8) is 0 Å². The standard InChI is InChI=1S/C19H20N2O4/c1-13-15(6-4-8-17(13)21(24)25)11-19(23)20-10-9-14-5-2-3-7-16(14)18(20)12-22/h2-8,18,22H,9-12H2,1H3. The van der Waals surface area contributed by atoms with Gasteiger partial charge in [0.25, 0.3) is 5.69 Å². The number of nitrogens with zero attached hydrogens (tertiary/aromatic N) is 2. The molecule has 0 spiro atoms. The van der Waals surface area contributed by atoms with Crippen molar-refractivity contribution in [1.82, 2.24) is 4.90 Å². The number of carbonyl (C=O) groups excluding carboxylic acids is 1. The lowest BCUT2D eigenvalue weighted by atomic mass is 9.92. The highest BCUT2D eigenvalue weighted by Crippen LogP contribution is 2.30. The molecule has 2 aromatic rings. The van der Waals surface area contributed by atoms with Gasteiger partial charge in [-0.15, -0.1) is 0 Å². The maximum atomic E-state index is 12.8. The molecule has 6 heteroatoms. The molecule has 25 heavy (non-hydrogen) atoms. The fourth-order valence-corrected chi connectivity index (χ4v) is 3.47. The Morgan fingerprint density at radius 3 is 2.76 bits per heavy atom. The van der Waals surface area contributed by atoms with Crippen molar-refractivity contribution >= 4 is 11.6 Å². The van der Waals surface area contributed by atoms with E-state index in [1.165, 1.54) is 6.07 Å². The third-order valence-corrected chi connectivity index (χ3v) is 4.86. The zero-order valence-corrected chi connectivity index (χ0v) is 14.0. The first-order valence-electron chi connectivity index (χ1n) is 8.24. The molecule has 1 aliphatic heterocycles. The van der Waals surface area contributed by atoms with Gasteiger partial charge in [-0.25, -0.2) is 0 Å². The van der Waals surface area contributed by atoms with Gasteiger partial charge in [0.05, 0.1) is 24.0 Å². The van der Waals surface area contributed by atoms with Crippen LogP contribution in [0.4, 0.5) is 5.69 Å². The number of fused-ring (bicyclic) bond motifs is 1. The van der Waals surface area contributed by atoms with Gasteiger partial charge in [0.15, 0.2) is 0 Å². The molecule has 2 aromatic carbocycles. The van der Waals surface area contributed by atoms with Gasteiger partial charge >= 0.3 is 0 Å². The predicted octanol–water partition coefficient (Wildman–Crippen LogP) is 2.56. The quantitative estimate of drug-likeness (QED) is 0.685. The van der Waals surface area contributed by atoms with E-state index in [0.29, 0.717) is 17.7 Å². The van der Waals surface area contributed by atoms with Gasteiger partial charge in [-0.05, 0) is 30.0 Å². The van der Waals surface area contributed by atoms with Gasteiger partial charge in [0.2, 0.25) is 5.91 Å². The first-order chi connectivity index (χ1) is 12.0. The Morgan fingerprint density at radius 2 is 2.04 bits per heavy atom. The van der Waals surface area contributed by atoms with Crippen molar-refractivity contribution in [2.24, 2.45) is 0 Å². The minimum absolute atomic E-state index is 0.0213. The van der Waals surface area contributed by atoms with Crippen LogP contribution in [-0.2, 0) is 17.6 Å². The minimum atomic E-state index is -0.434. The van der Waals surface area contributed by atoms with Crippen molar-refractivity contribution in [2.45, 2.75) is 25.8 Å². The molecule has 1 amide bonds. The second-order valence-corrected chi connectivity index (χ2v) is 6.23. The minimum Gasteiger partial charge on any atom is -0.394 e. The lowest BCUT2D eigenvalue weighted by Crippen LogP contribution is -2.42. The van der Waals surface area contributed by atoms with E-state index in [4.69, 9.17) is 0 Å². The summed E-state index contributed by atoms with van der Waals surface area (Å²) in [5.74, 6) is -0.128. The monoisotopic (exact) mass is 340 g/mol. The number of hydrogen-bond acceptors (Lipinski definition) is 4. The molecule has 1 N–H and O–H groups in total. The number of rotatable bonds is 4. The molecule has 0 saturated heterocycles. The Bertz CT molecular complexity index is 819. The van der Waals surface area contributed by atoms with Gasteiger partial charge in [-0.2, -0.15) is 0 Å². The molecule has 1 atom stereocenters. The summed E-state index contributed by atoms with van der Waals surface area (Å²) in [6, 6.07) is 12.2. The summed E-state index contributed by atoms with van der Waals surface area (Å²) in [4.78, 5) is 25.1. The third kappa shape index (κ3) is 3.25. The maximum absolute atomic E-state index is 12.8. The summed E-state index contributed by atoms with van der Waals surface area (Å²) in [6.07, 6.45) is 0.832. The number of aliphatic hydroxyl groups is 1. The number of amides is 1. The maximum Gasteiger partial charge on any atom is 0.272 e. The number of nitro groups is 1. The molecule has 0 fully saturated rings. The topological polar surface area (TPSA) is 83.7 Å². The van der Waals surface area contributed by atoms with E-state index in [2.05, 4.69) is 0 Å². The van der Waals surface area contributed by atoms with Crippen LogP contribution in [0, 0.1) is 17.0 Å². The Labute approximate surface area is 145 Å². The van der Waals surface area contributed by atoms with Crippen LogP contribution in [-0.4, -0.2) is 34.0 Å². The van der Waals surface area contributed by atoms with E-state index < -0.39 is 4.92 Å². The van der Waals surface area contributed by atoms with E-state index in [0.717, 1.165) is 17.5 Å². The third-order valence-electron chi connectivity index (χ3n) is 4.86. The Balaban J connectivity index is 1.85. The zero-order valence-electron chi connectivity index (χ0n) is 14.0. The largest absolute Gasteiger partial charge is 0.394 e. The fraction of sp³-hybridized carbons (Fsp3) is 0.316. The highest BCUT2D eigenvalue weighted by Gasteiger charge is 2.30. The summed E-state index contributed by atoms with van der Waals surface area (Å²) in [5.41, 5.74) is 3.30. The van der Waals surface area contributed by atoms with Crippen molar-refractivity contribution in [3.05, 3.63) is 74.8 Å². The SMILES string of the molecule is Cc1c(CC(=O)N2CCc3ccccc3C2CO)cccc1[N+](=O)[O-]. The average molecular weight is 340 g/mol. The van der Waals surface area contributed by atoms with Crippen LogP contribution in [0.2, 0.25) is 0 Å². The molecule has 1 unspecified atom stereocenters. The van der Waals surface area contributed by atoms with Crippen LogP contribution in [0.3, 0.4) is 0 Å². The Morgan fingerprint density at radius 1 is 1.28 bits per heavy atom. The van der Waals surface area contributed by atoms with Gasteiger partial charge in [-0.3, -0.25) is 14.9 Å². The second kappa shape index (κ2) is 7.03. The zero-order chi connectivity index (χ0) is 18.0. The number of carbonyl (C=O) groups is 1. The molecule has 0 aromatic heterocycles. The molecule has 1 aliphatic rings. The smallest absolute Gasteiger partial charge is 0.272 e. The van der Waals surface area contributed by atoms with E-state index in [9.17, 15) is 20.0 Å². The molecule has 0 bridgehead atoms. The number of nitro benzene ring substituents is 1. The van der Waals surface area contributed by atoms with E-state index >= 15 is 0 Å². The van der Waals surface area contributed by atoms with E-state index in [1.54, 1.807) is 24.0 Å². The first kappa shape index (κ1) is 17.1. The molecular formula is C19H20N2O4. The van der Waals surface area contributed by atoms with Crippen molar-refractivity contribution in [2.75, 3.05) is 13.2 Å². The fourth-order valence-electron chi connectivity index (χ4n) is 3.47. The molecule has 0 radical (unpaired) electrons. The lowest BCUT2D eigenvalue weighted by molar-refractivity contribution is -0.385. The molecule has 3 rings (SSSR count). The van der Waals surface area contributed by atoms with E-state index in [-0.39, 0.29) is 30.7 Å². The van der Waals surface area contributed by atoms with Crippen molar-refractivity contribution < 1.29 is 14.8 Å². The normalized spacial score (nSPS) is 16.4. The average Bonchev–Trinajstić information content (AvgIpc) is 2.62. The van der Waals surface area contributed by atoms with Crippen LogP contribution in [0.5, 0.6) is 0 Å². The van der Waals surface area contributed by atoms with Crippen LogP contribution in [0.25, 0.3) is 0 Å². The van der Waals surface area contributed by atoms with Crippen LogP contribution in [0.15, 0.2) is 42.5 Å². The molecular weight excluding hydrogens is 320 g/mol. The molecule has 130 valence electrons. The first-order valence-corrected chi connectivity index (χ1v) is 8.24. The molecule has 6 nitrogen and oxygen atoms in total. The van der Waals surface area contributed by atoms with Crippen LogP contribution in [0.1, 0.15) is 28.3 Å². The number of benzene rings is 2. The summed E-state index contributed by atoms with van der Waals surface area (Å²) in [6.45, 7) is 2.06. The Hall–Kier alpha value is -2.73. The highest BCUT2D eigenvalue weighted by atomic mass is 16.6. The lowest BCUT2D eigenvalue weighted by Gasteiger charge is -2.36. The Kier molecular flexibility index (Phi) is 4.81. The summed E-state index contributed by atoms with van der Waals surface area (Å²) >= 11 is 0. The van der Waals surface area contributed by atoms with Gasteiger partial charge < -0.3 is 10.0 Å². The van der Waals surface area contributed by atoms with Gasteiger partial charge in [-0.1, -0.05) is 36.4 Å². The summed E-state index contributed by atoms with van der Waals surface area (Å²) < 4.78 is 0. The second-order valence-electron chi connectivity index (χ2n) is 6.23. The van der Waals surface area contributed by atoms with Crippen LogP contribution >= 0.6 is 0 Å². The molecule has 0 saturated carbocycles. The van der Waals surface area contributed by atoms with Crippen molar-refractivity contribution in [3.8, 4) is 0 Å². The highest BCUT2D eigenvalue weighted by molar-refractivity contribution is 5.80. The summed E-state index contributed by atoms with van der Waals surface area (Å²) in [7, 11) is 0. The van der Waals surface area contributed by atoms with E-state index in [1.807, 2.05) is 24.3 Å². The van der Waals surface area contributed by atoms with Gasteiger partial charge in [0.1, 0.15) is 0 Å². The van der Waals surface area contributed by atoms with Crippen molar-refractivity contribution in [1.29, 1.82) is 0 Å². The molecule has 0 aliphatic carbocycles. The van der Waals surface area contributed by atoms with Gasteiger partial charge in [0, 0.05) is 18.2 Å². The summed E-state index contributed by atoms with van der Waals surface area (Å²) in [5, 5.41) is 20.9. The van der Waals surface area contributed by atoms with Crippen LogP contribution < -0.4 is 0 Å². The molecule has 1 heterocycles. The number of hydrogen-bond donors (Lipinski definition) is 1. The number of aliphatic hydroxyl groups excluding tert-OH is 1. The predicted molar refractivity (Wildman–Crippen MR) is 93.2 cm³/mol.